The zero-order valence-corrected chi connectivity index (χ0v) is 8.01. The van der Waals surface area contributed by atoms with E-state index in [1.165, 1.54) is 5.56 Å². The molecule has 1 aromatic rings. The van der Waals surface area contributed by atoms with Crippen LogP contribution in [-0.4, -0.2) is 5.71 Å². The van der Waals surface area contributed by atoms with E-state index in [9.17, 15) is 0 Å². The molecule has 13 heavy (non-hydrogen) atoms. The number of rotatable bonds is 4. The first-order valence-corrected chi connectivity index (χ1v) is 4.47. The summed E-state index contributed by atoms with van der Waals surface area (Å²) in [5.41, 5.74) is 2.81. The largest absolute Gasteiger partial charge is 0.305 e. The van der Waals surface area contributed by atoms with E-state index in [0.29, 0.717) is 5.71 Å². The Morgan fingerprint density at radius 2 is 1.92 bits per heavy atom. The van der Waals surface area contributed by atoms with E-state index >= 15 is 0 Å². The fraction of sp³-hybridized carbons (Fsp3) is 0.250. The Morgan fingerprint density at radius 1 is 1.31 bits per heavy atom. The summed E-state index contributed by atoms with van der Waals surface area (Å²) >= 11 is 0. The van der Waals surface area contributed by atoms with Gasteiger partial charge < -0.3 is 5.41 Å². The summed E-state index contributed by atoms with van der Waals surface area (Å²) in [6.07, 6.45) is 1.73. The van der Waals surface area contributed by atoms with Crippen LogP contribution < -0.4 is 0 Å². The number of hydrogen-bond acceptors (Lipinski definition) is 1. The van der Waals surface area contributed by atoms with Crippen LogP contribution in [0.1, 0.15) is 18.9 Å². The Balaban J connectivity index is 2.44. The fourth-order valence-electron chi connectivity index (χ4n) is 1.13. The molecule has 0 aromatic heterocycles. The highest BCUT2D eigenvalue weighted by molar-refractivity contribution is 5.96. The van der Waals surface area contributed by atoms with Crippen molar-refractivity contribution < 1.29 is 0 Å². The minimum Gasteiger partial charge on any atom is -0.305 e. The van der Waals surface area contributed by atoms with E-state index in [1.807, 2.05) is 25.1 Å². The van der Waals surface area contributed by atoms with Gasteiger partial charge in [0.05, 0.1) is 0 Å². The predicted molar refractivity (Wildman–Crippen MR) is 57.3 cm³/mol. The van der Waals surface area contributed by atoms with Crippen LogP contribution in [0.25, 0.3) is 0 Å². The van der Waals surface area contributed by atoms with E-state index in [2.05, 4.69) is 18.7 Å². The predicted octanol–water partition coefficient (Wildman–Crippen LogP) is 3.22. The molecule has 0 atom stereocenters. The minimum atomic E-state index is 0.656. The normalized spacial score (nSPS) is 9.62. The lowest BCUT2D eigenvalue weighted by atomic mass is 10.0. The fourth-order valence-corrected chi connectivity index (χ4v) is 1.13. The Morgan fingerprint density at radius 3 is 2.46 bits per heavy atom. The Bertz CT molecular complexity index is 298. The monoisotopic (exact) mass is 173 g/mol. The first kappa shape index (κ1) is 9.72. The molecule has 1 aromatic carbocycles. The molecule has 1 N–H and O–H groups in total. The second kappa shape index (κ2) is 4.61. The Labute approximate surface area is 79.6 Å². The molecule has 0 unspecified atom stereocenters. The molecule has 0 heterocycles. The van der Waals surface area contributed by atoms with E-state index < -0.39 is 0 Å². The first-order valence-electron chi connectivity index (χ1n) is 4.47. The molecule has 68 valence electrons. The highest BCUT2D eigenvalue weighted by Gasteiger charge is 1.97. The molecule has 0 saturated heterocycles. The molecular formula is C12H15N. The third-order valence-corrected chi connectivity index (χ3v) is 2.02. The van der Waals surface area contributed by atoms with Crippen molar-refractivity contribution in [2.45, 2.75) is 19.8 Å². The molecule has 0 amide bonds. The van der Waals surface area contributed by atoms with Crippen LogP contribution in [0.5, 0.6) is 0 Å². The van der Waals surface area contributed by atoms with Gasteiger partial charge in [-0.2, -0.15) is 0 Å². The topological polar surface area (TPSA) is 23.9 Å². The number of aryl methyl sites for hydroxylation is 1. The number of hydrogen-bond donors (Lipinski definition) is 1. The minimum absolute atomic E-state index is 0.656. The molecule has 0 aliphatic heterocycles. The van der Waals surface area contributed by atoms with Crippen LogP contribution in [0.3, 0.4) is 0 Å². The molecule has 0 fully saturated rings. The lowest BCUT2D eigenvalue weighted by Gasteiger charge is -2.02. The zero-order chi connectivity index (χ0) is 9.68. The van der Waals surface area contributed by atoms with Crippen molar-refractivity contribution in [1.82, 2.24) is 0 Å². The molecule has 0 radical (unpaired) electrons. The standard InChI is InChI=1S/C12H15N/c1-10(2)12(13)9-8-11-6-4-3-5-7-11/h3-7,13H,1,8-9H2,2H3. The highest BCUT2D eigenvalue weighted by Crippen LogP contribution is 2.05. The molecule has 1 heteroatoms. The summed E-state index contributed by atoms with van der Waals surface area (Å²) in [5.74, 6) is 0. The van der Waals surface area contributed by atoms with Gasteiger partial charge in [-0.15, -0.1) is 0 Å². The van der Waals surface area contributed by atoms with Crippen LogP contribution in [0.2, 0.25) is 0 Å². The Hall–Kier alpha value is -1.37. The number of benzene rings is 1. The lowest BCUT2D eigenvalue weighted by Crippen LogP contribution is -1.99. The Kier molecular flexibility index (Phi) is 3.44. The average molecular weight is 173 g/mol. The van der Waals surface area contributed by atoms with Gasteiger partial charge in [0.25, 0.3) is 0 Å². The lowest BCUT2D eigenvalue weighted by molar-refractivity contribution is 1.03. The van der Waals surface area contributed by atoms with Gasteiger partial charge in [-0.3, -0.25) is 0 Å². The van der Waals surface area contributed by atoms with Gasteiger partial charge >= 0.3 is 0 Å². The maximum Gasteiger partial charge on any atom is 0.0340 e. The summed E-state index contributed by atoms with van der Waals surface area (Å²) in [4.78, 5) is 0. The van der Waals surface area contributed by atoms with Gasteiger partial charge in [0.15, 0.2) is 0 Å². The van der Waals surface area contributed by atoms with Gasteiger partial charge in [-0.1, -0.05) is 36.9 Å². The van der Waals surface area contributed by atoms with Crippen molar-refractivity contribution >= 4 is 5.71 Å². The summed E-state index contributed by atoms with van der Waals surface area (Å²) in [6.45, 7) is 5.63. The zero-order valence-electron chi connectivity index (χ0n) is 8.01. The summed E-state index contributed by atoms with van der Waals surface area (Å²) in [6, 6.07) is 10.2. The van der Waals surface area contributed by atoms with Crippen LogP contribution >= 0.6 is 0 Å². The van der Waals surface area contributed by atoms with E-state index in [0.717, 1.165) is 18.4 Å². The van der Waals surface area contributed by atoms with Crippen molar-refractivity contribution in [3.05, 3.63) is 48.0 Å². The molecule has 1 nitrogen and oxygen atoms in total. The summed E-state index contributed by atoms with van der Waals surface area (Å²) < 4.78 is 0. The van der Waals surface area contributed by atoms with Gasteiger partial charge in [0.1, 0.15) is 0 Å². The van der Waals surface area contributed by atoms with Gasteiger partial charge in [0.2, 0.25) is 0 Å². The third-order valence-electron chi connectivity index (χ3n) is 2.02. The van der Waals surface area contributed by atoms with E-state index in [1.54, 1.807) is 0 Å². The molecule has 0 bridgehead atoms. The third kappa shape index (κ3) is 3.24. The highest BCUT2D eigenvalue weighted by atomic mass is 14.4. The van der Waals surface area contributed by atoms with Crippen LogP contribution in [0.4, 0.5) is 0 Å². The van der Waals surface area contributed by atoms with Crippen molar-refractivity contribution in [3.8, 4) is 0 Å². The van der Waals surface area contributed by atoms with Crippen molar-refractivity contribution in [2.75, 3.05) is 0 Å². The van der Waals surface area contributed by atoms with Gasteiger partial charge in [0, 0.05) is 5.71 Å². The van der Waals surface area contributed by atoms with E-state index in [-0.39, 0.29) is 0 Å². The molecule has 0 saturated carbocycles. The van der Waals surface area contributed by atoms with Crippen molar-refractivity contribution in [2.24, 2.45) is 0 Å². The van der Waals surface area contributed by atoms with Crippen LogP contribution in [0.15, 0.2) is 42.5 Å². The average Bonchev–Trinajstić information content (AvgIpc) is 2.15. The summed E-state index contributed by atoms with van der Waals surface area (Å²) in [5, 5.41) is 7.59. The van der Waals surface area contributed by atoms with E-state index in [4.69, 9.17) is 5.41 Å². The van der Waals surface area contributed by atoms with Crippen molar-refractivity contribution in [1.29, 1.82) is 5.41 Å². The number of allylic oxidation sites excluding steroid dienone is 1. The smallest absolute Gasteiger partial charge is 0.0340 e. The quantitative estimate of drug-likeness (QED) is 0.676. The van der Waals surface area contributed by atoms with Crippen LogP contribution in [-0.2, 0) is 6.42 Å². The molecule has 0 aliphatic carbocycles. The van der Waals surface area contributed by atoms with Gasteiger partial charge in [-0.05, 0) is 30.9 Å². The maximum absolute atomic E-state index is 7.59. The number of nitrogens with one attached hydrogen (secondary N) is 1. The van der Waals surface area contributed by atoms with Gasteiger partial charge in [-0.25, -0.2) is 0 Å². The second-order valence-corrected chi connectivity index (χ2v) is 3.24. The maximum atomic E-state index is 7.59. The van der Waals surface area contributed by atoms with Crippen LogP contribution in [0, 0.1) is 5.41 Å². The molecule has 0 aliphatic rings. The summed E-state index contributed by atoms with van der Waals surface area (Å²) in [7, 11) is 0. The molecule has 1 rings (SSSR count). The second-order valence-electron chi connectivity index (χ2n) is 3.24. The molecular weight excluding hydrogens is 158 g/mol. The van der Waals surface area contributed by atoms with Crippen molar-refractivity contribution in [3.63, 3.8) is 0 Å². The molecule has 0 spiro atoms. The SMILES string of the molecule is C=C(C)C(=N)CCc1ccccc1. The first-order chi connectivity index (χ1) is 6.20.